The molecule has 0 aromatic carbocycles. The molecule has 98 valence electrons. The van der Waals surface area contributed by atoms with Crippen molar-refractivity contribution in [3.8, 4) is 12.3 Å². The molecule has 0 saturated carbocycles. The number of H-pyrrole nitrogens is 1. The van der Waals surface area contributed by atoms with Gasteiger partial charge in [-0.15, -0.1) is 12.3 Å². The Morgan fingerprint density at radius 2 is 2.32 bits per heavy atom. The Labute approximate surface area is 108 Å². The zero-order valence-corrected chi connectivity index (χ0v) is 9.96. The normalized spacial score (nSPS) is 12.2. The van der Waals surface area contributed by atoms with Crippen LogP contribution in [0.15, 0.2) is 11.0 Å². The fourth-order valence-electron chi connectivity index (χ4n) is 1.68. The first-order valence-electron chi connectivity index (χ1n) is 5.43. The van der Waals surface area contributed by atoms with Gasteiger partial charge in [0.05, 0.1) is 12.8 Å². The van der Waals surface area contributed by atoms with Crippen LogP contribution in [-0.2, 0) is 4.84 Å². The average Bonchev–Trinajstić information content (AvgIpc) is 2.37. The number of rotatable bonds is 4. The molecular weight excluding hydrogens is 248 g/mol. The maximum atomic E-state index is 12.0. The van der Waals surface area contributed by atoms with Crippen LogP contribution in [0.5, 0.6) is 0 Å². The predicted octanol–water partition coefficient (Wildman–Crippen LogP) is -0.708. The minimum Gasteiger partial charge on any atom is -0.368 e. The van der Waals surface area contributed by atoms with E-state index < -0.39 is 5.56 Å². The van der Waals surface area contributed by atoms with Crippen molar-refractivity contribution in [2.75, 3.05) is 12.3 Å². The molecule has 0 aliphatic heterocycles. The molecule has 1 atom stereocenters. The van der Waals surface area contributed by atoms with Crippen molar-refractivity contribution in [1.29, 1.82) is 0 Å². The molecular formula is C11H12N6O2. The van der Waals surface area contributed by atoms with Crippen molar-refractivity contribution in [2.45, 2.75) is 12.3 Å². The van der Waals surface area contributed by atoms with E-state index in [0.29, 0.717) is 5.52 Å². The lowest BCUT2D eigenvalue weighted by atomic mass is 10.0. The van der Waals surface area contributed by atoms with Gasteiger partial charge in [0.2, 0.25) is 5.95 Å². The number of fused-ring (bicyclic) bond motifs is 1. The Kier molecular flexibility index (Phi) is 3.70. The second kappa shape index (κ2) is 5.43. The number of hydrogen-bond acceptors (Lipinski definition) is 7. The largest absolute Gasteiger partial charge is 0.368 e. The summed E-state index contributed by atoms with van der Waals surface area (Å²) in [6.07, 6.45) is 6.96. The van der Waals surface area contributed by atoms with Crippen molar-refractivity contribution in [2.24, 2.45) is 5.90 Å². The number of terminal acetylenes is 1. The van der Waals surface area contributed by atoms with Crippen LogP contribution in [0.25, 0.3) is 11.2 Å². The quantitative estimate of drug-likeness (QED) is 0.488. The Morgan fingerprint density at radius 1 is 1.53 bits per heavy atom. The molecule has 8 nitrogen and oxygen atoms in total. The Morgan fingerprint density at radius 3 is 3.00 bits per heavy atom. The maximum absolute atomic E-state index is 12.0. The van der Waals surface area contributed by atoms with E-state index in [-0.39, 0.29) is 36.2 Å². The highest BCUT2D eigenvalue weighted by atomic mass is 16.6. The minimum absolute atomic E-state index is 0.0585. The fourth-order valence-corrected chi connectivity index (χ4v) is 1.68. The molecule has 2 rings (SSSR count). The first-order valence-corrected chi connectivity index (χ1v) is 5.43. The third-order valence-electron chi connectivity index (χ3n) is 2.54. The van der Waals surface area contributed by atoms with Crippen LogP contribution in [0.1, 0.15) is 18.0 Å². The average molecular weight is 260 g/mol. The number of anilines is 1. The van der Waals surface area contributed by atoms with Gasteiger partial charge in [-0.1, -0.05) is 0 Å². The van der Waals surface area contributed by atoms with Gasteiger partial charge < -0.3 is 15.6 Å². The summed E-state index contributed by atoms with van der Waals surface area (Å²) in [7, 11) is 0. The first-order chi connectivity index (χ1) is 9.15. The summed E-state index contributed by atoms with van der Waals surface area (Å²) >= 11 is 0. The van der Waals surface area contributed by atoms with Crippen LogP contribution < -0.4 is 17.2 Å². The molecule has 0 bridgehead atoms. The molecule has 0 spiro atoms. The lowest BCUT2D eigenvalue weighted by Crippen LogP contribution is -2.23. The molecule has 0 aliphatic rings. The van der Waals surface area contributed by atoms with Gasteiger partial charge in [0.1, 0.15) is 11.2 Å². The van der Waals surface area contributed by atoms with E-state index in [1.807, 2.05) is 0 Å². The van der Waals surface area contributed by atoms with Gasteiger partial charge in [-0.3, -0.25) is 4.79 Å². The summed E-state index contributed by atoms with van der Waals surface area (Å²) in [5.41, 5.74) is 5.96. The van der Waals surface area contributed by atoms with Gasteiger partial charge in [-0.2, -0.15) is 4.98 Å². The molecule has 2 heterocycles. The van der Waals surface area contributed by atoms with E-state index in [4.69, 9.17) is 18.1 Å². The second-order valence-electron chi connectivity index (χ2n) is 3.85. The highest BCUT2D eigenvalue weighted by molar-refractivity contribution is 5.69. The number of nitrogens with zero attached hydrogens (tertiary/aromatic N) is 3. The van der Waals surface area contributed by atoms with Gasteiger partial charge in [-0.05, 0) is 0 Å². The van der Waals surface area contributed by atoms with E-state index in [1.54, 1.807) is 0 Å². The molecule has 2 aromatic heterocycles. The zero-order chi connectivity index (χ0) is 13.8. The van der Waals surface area contributed by atoms with Gasteiger partial charge in [-0.25, -0.2) is 15.9 Å². The van der Waals surface area contributed by atoms with Crippen LogP contribution in [0.3, 0.4) is 0 Å². The molecule has 0 radical (unpaired) electrons. The van der Waals surface area contributed by atoms with Gasteiger partial charge in [0.25, 0.3) is 5.56 Å². The summed E-state index contributed by atoms with van der Waals surface area (Å²) in [6, 6.07) is 0. The lowest BCUT2D eigenvalue weighted by molar-refractivity contribution is 0.122. The van der Waals surface area contributed by atoms with Crippen molar-refractivity contribution in [1.82, 2.24) is 19.9 Å². The van der Waals surface area contributed by atoms with E-state index in [2.05, 4.69) is 30.7 Å². The molecule has 1 unspecified atom stereocenters. The highest BCUT2D eigenvalue weighted by Gasteiger charge is 2.17. The van der Waals surface area contributed by atoms with E-state index in [0.717, 1.165) is 0 Å². The fraction of sp³-hybridized carbons (Fsp3) is 0.273. The summed E-state index contributed by atoms with van der Waals surface area (Å²) < 4.78 is 0. The topological polar surface area (TPSA) is 133 Å². The van der Waals surface area contributed by atoms with Gasteiger partial charge in [0.15, 0.2) is 5.65 Å². The molecule has 8 heteroatoms. The SMILES string of the molecule is C#CCC(CON)c1nc2cnc(N)nc2[nH]c1=O. The van der Waals surface area contributed by atoms with Crippen molar-refractivity contribution < 1.29 is 4.84 Å². The van der Waals surface area contributed by atoms with Crippen LogP contribution >= 0.6 is 0 Å². The summed E-state index contributed by atoms with van der Waals surface area (Å²) in [5.74, 6) is 7.16. The smallest absolute Gasteiger partial charge is 0.271 e. The second-order valence-corrected chi connectivity index (χ2v) is 3.85. The van der Waals surface area contributed by atoms with Crippen molar-refractivity contribution in [3.05, 3.63) is 22.2 Å². The predicted molar refractivity (Wildman–Crippen MR) is 68.7 cm³/mol. The van der Waals surface area contributed by atoms with Crippen LogP contribution in [0.2, 0.25) is 0 Å². The third-order valence-corrected chi connectivity index (χ3v) is 2.54. The molecule has 0 amide bonds. The number of aromatic amines is 1. The summed E-state index contributed by atoms with van der Waals surface area (Å²) in [4.78, 5) is 31.0. The molecule has 0 aliphatic carbocycles. The zero-order valence-electron chi connectivity index (χ0n) is 9.96. The van der Waals surface area contributed by atoms with Gasteiger partial charge >= 0.3 is 0 Å². The number of nitrogens with two attached hydrogens (primary N) is 2. The standard InChI is InChI=1S/C11H12N6O2/c1-2-3-6(5-19-13)8-10(18)16-9-7(15-8)4-14-11(12)17-9/h1,4,6H,3,5,13H2,(H3,12,14,16,17,18). The number of nitrogens with one attached hydrogen (secondary N) is 1. The summed E-state index contributed by atoms with van der Waals surface area (Å²) in [6.45, 7) is 0.0988. The molecule has 0 fully saturated rings. The molecule has 19 heavy (non-hydrogen) atoms. The van der Waals surface area contributed by atoms with E-state index in [9.17, 15) is 4.79 Å². The lowest BCUT2D eigenvalue weighted by Gasteiger charge is -2.11. The van der Waals surface area contributed by atoms with Crippen molar-refractivity contribution in [3.63, 3.8) is 0 Å². The van der Waals surface area contributed by atoms with Gasteiger partial charge in [0, 0.05) is 12.3 Å². The number of nitrogen functional groups attached to an aromatic ring is 1. The minimum atomic E-state index is -0.400. The monoisotopic (exact) mass is 260 g/mol. The van der Waals surface area contributed by atoms with E-state index >= 15 is 0 Å². The van der Waals surface area contributed by atoms with E-state index in [1.165, 1.54) is 6.20 Å². The molecule has 5 N–H and O–H groups in total. The Balaban J connectivity index is 2.54. The number of hydrogen-bond donors (Lipinski definition) is 3. The highest BCUT2D eigenvalue weighted by Crippen LogP contribution is 2.15. The maximum Gasteiger partial charge on any atom is 0.271 e. The molecule has 2 aromatic rings. The van der Waals surface area contributed by atoms with Crippen LogP contribution in [-0.4, -0.2) is 26.5 Å². The Hall–Kier alpha value is -2.50. The first kappa shape index (κ1) is 12.9. The van der Waals surface area contributed by atoms with Crippen LogP contribution in [0.4, 0.5) is 5.95 Å². The summed E-state index contributed by atoms with van der Waals surface area (Å²) in [5, 5.41) is 0. The Bertz CT molecular complexity index is 690. The van der Waals surface area contributed by atoms with Crippen molar-refractivity contribution >= 4 is 17.1 Å². The third kappa shape index (κ3) is 2.67. The van der Waals surface area contributed by atoms with Crippen LogP contribution in [0, 0.1) is 12.3 Å². The molecule has 0 saturated heterocycles. The number of aromatic nitrogens is 4.